The van der Waals surface area contributed by atoms with Crippen LogP contribution in [-0.2, 0) is 0 Å². The monoisotopic (exact) mass is 297 g/mol. The summed E-state index contributed by atoms with van der Waals surface area (Å²) in [7, 11) is 0. The molecule has 0 spiro atoms. The number of benzene rings is 1. The molecular formula is C16H21F2NO2. The van der Waals surface area contributed by atoms with Crippen molar-refractivity contribution >= 4 is 11.7 Å². The maximum atomic E-state index is 14.0. The van der Waals surface area contributed by atoms with E-state index in [9.17, 15) is 13.6 Å². The molecule has 1 fully saturated rings. The van der Waals surface area contributed by atoms with Gasteiger partial charge in [0.2, 0.25) is 0 Å². The summed E-state index contributed by atoms with van der Waals surface area (Å²) >= 11 is 0. The highest BCUT2D eigenvalue weighted by Crippen LogP contribution is 2.36. The minimum atomic E-state index is -1.33. The fraction of sp³-hybridized carbons (Fsp3) is 0.562. The first-order chi connectivity index (χ1) is 9.70. The number of halogens is 2. The summed E-state index contributed by atoms with van der Waals surface area (Å²) < 4.78 is 28.1. The highest BCUT2D eigenvalue weighted by Gasteiger charge is 2.30. The number of piperidine rings is 1. The number of carboxylic acids is 1. The second-order valence-corrected chi connectivity index (χ2v) is 6.72. The Bertz CT molecular complexity index is 521. The molecule has 1 aliphatic heterocycles. The minimum absolute atomic E-state index is 0.104. The van der Waals surface area contributed by atoms with Gasteiger partial charge in [0, 0.05) is 13.1 Å². The molecule has 0 unspecified atom stereocenters. The molecule has 0 atom stereocenters. The zero-order chi connectivity index (χ0) is 15.8. The first kappa shape index (κ1) is 15.7. The molecule has 0 radical (unpaired) electrons. The van der Waals surface area contributed by atoms with Gasteiger partial charge in [0.05, 0.1) is 5.56 Å². The van der Waals surface area contributed by atoms with Crippen LogP contribution in [0, 0.1) is 23.0 Å². The van der Waals surface area contributed by atoms with Gasteiger partial charge in [-0.2, -0.15) is 0 Å². The molecule has 5 heteroatoms. The highest BCUT2D eigenvalue weighted by atomic mass is 19.1. The molecule has 0 saturated carbocycles. The summed E-state index contributed by atoms with van der Waals surface area (Å²) in [5.74, 6) is -2.41. The molecule has 1 N–H and O–H groups in total. The van der Waals surface area contributed by atoms with Crippen LogP contribution in [0.1, 0.15) is 44.0 Å². The van der Waals surface area contributed by atoms with Gasteiger partial charge in [0.1, 0.15) is 17.3 Å². The van der Waals surface area contributed by atoms with Crippen molar-refractivity contribution < 1.29 is 18.7 Å². The molecule has 116 valence electrons. The third-order valence-corrected chi connectivity index (χ3v) is 4.30. The molecule has 1 saturated heterocycles. The van der Waals surface area contributed by atoms with Crippen molar-refractivity contribution in [2.75, 3.05) is 18.0 Å². The Hall–Kier alpha value is -1.65. The molecule has 21 heavy (non-hydrogen) atoms. The lowest BCUT2D eigenvalue weighted by atomic mass is 9.75. The van der Waals surface area contributed by atoms with Gasteiger partial charge in [-0.15, -0.1) is 0 Å². The lowest BCUT2D eigenvalue weighted by Gasteiger charge is -2.39. The standard InChI is InChI=1S/C16H21F2NO2/c1-16(2,3)11-4-6-19(7-5-11)14-12(17)8-10(15(20)21)9-13(14)18/h8-9,11H,4-7H2,1-3H3,(H,20,21). The van der Waals surface area contributed by atoms with E-state index in [1.807, 2.05) is 0 Å². The van der Waals surface area contributed by atoms with Crippen LogP contribution in [0.15, 0.2) is 12.1 Å². The lowest BCUT2D eigenvalue weighted by Crippen LogP contribution is -2.38. The van der Waals surface area contributed by atoms with E-state index in [0.29, 0.717) is 19.0 Å². The van der Waals surface area contributed by atoms with Crippen molar-refractivity contribution in [1.82, 2.24) is 0 Å². The van der Waals surface area contributed by atoms with E-state index in [1.54, 1.807) is 4.90 Å². The van der Waals surface area contributed by atoms with Gasteiger partial charge in [0.25, 0.3) is 0 Å². The molecule has 0 bridgehead atoms. The number of aromatic carboxylic acids is 1. The average Bonchev–Trinajstić information content (AvgIpc) is 2.37. The minimum Gasteiger partial charge on any atom is -0.478 e. The Morgan fingerprint density at radius 3 is 2.05 bits per heavy atom. The molecule has 0 amide bonds. The van der Waals surface area contributed by atoms with Crippen LogP contribution in [0.4, 0.5) is 14.5 Å². The zero-order valence-electron chi connectivity index (χ0n) is 12.6. The predicted octanol–water partition coefficient (Wildman–Crippen LogP) is 3.93. The van der Waals surface area contributed by atoms with Crippen molar-refractivity contribution in [1.29, 1.82) is 0 Å². The first-order valence-corrected chi connectivity index (χ1v) is 7.17. The second-order valence-electron chi connectivity index (χ2n) is 6.72. The maximum Gasteiger partial charge on any atom is 0.335 e. The van der Waals surface area contributed by atoms with Gasteiger partial charge in [-0.05, 0) is 36.3 Å². The molecule has 0 aromatic heterocycles. The topological polar surface area (TPSA) is 40.5 Å². The molecule has 1 aromatic carbocycles. The largest absolute Gasteiger partial charge is 0.478 e. The Morgan fingerprint density at radius 2 is 1.67 bits per heavy atom. The second kappa shape index (κ2) is 5.62. The fourth-order valence-electron chi connectivity index (χ4n) is 2.96. The van der Waals surface area contributed by atoms with E-state index >= 15 is 0 Å². The average molecular weight is 297 g/mol. The van der Waals surface area contributed by atoms with Crippen LogP contribution < -0.4 is 4.90 Å². The maximum absolute atomic E-state index is 14.0. The van der Waals surface area contributed by atoms with Crippen LogP contribution in [0.3, 0.4) is 0 Å². The van der Waals surface area contributed by atoms with E-state index in [1.165, 1.54) is 0 Å². The quantitative estimate of drug-likeness (QED) is 0.899. The van der Waals surface area contributed by atoms with E-state index in [2.05, 4.69) is 20.8 Å². The van der Waals surface area contributed by atoms with E-state index in [0.717, 1.165) is 25.0 Å². The summed E-state index contributed by atoms with van der Waals surface area (Å²) in [5, 5.41) is 8.81. The molecular weight excluding hydrogens is 276 g/mol. The number of hydrogen-bond acceptors (Lipinski definition) is 2. The van der Waals surface area contributed by atoms with Crippen molar-refractivity contribution in [3.05, 3.63) is 29.3 Å². The molecule has 1 heterocycles. The summed E-state index contributed by atoms with van der Waals surface area (Å²) in [6.45, 7) is 7.70. The van der Waals surface area contributed by atoms with Crippen LogP contribution in [0.2, 0.25) is 0 Å². The van der Waals surface area contributed by atoms with Crippen molar-refractivity contribution in [2.45, 2.75) is 33.6 Å². The number of carbonyl (C=O) groups is 1. The number of hydrogen-bond donors (Lipinski definition) is 1. The summed E-state index contributed by atoms with van der Waals surface area (Å²) in [6.07, 6.45) is 1.76. The number of nitrogens with zero attached hydrogens (tertiary/aromatic N) is 1. The molecule has 1 aromatic rings. The number of anilines is 1. The SMILES string of the molecule is CC(C)(C)C1CCN(c2c(F)cc(C(=O)O)cc2F)CC1. The summed E-state index contributed by atoms with van der Waals surface area (Å²) in [5.41, 5.74) is -0.276. The molecule has 0 aliphatic carbocycles. The summed E-state index contributed by atoms with van der Waals surface area (Å²) in [6, 6.07) is 1.77. The van der Waals surface area contributed by atoms with Gasteiger partial charge in [-0.1, -0.05) is 20.8 Å². The third kappa shape index (κ3) is 3.34. The Kier molecular flexibility index (Phi) is 4.21. The van der Waals surface area contributed by atoms with E-state index in [-0.39, 0.29) is 16.7 Å². The zero-order valence-corrected chi connectivity index (χ0v) is 12.6. The first-order valence-electron chi connectivity index (χ1n) is 7.17. The van der Waals surface area contributed by atoms with Gasteiger partial charge in [-0.25, -0.2) is 13.6 Å². The van der Waals surface area contributed by atoms with Gasteiger partial charge in [-0.3, -0.25) is 0 Å². The Morgan fingerprint density at radius 1 is 1.19 bits per heavy atom. The number of carboxylic acid groups (broad SMARTS) is 1. The van der Waals surface area contributed by atoms with Crippen molar-refractivity contribution in [2.24, 2.45) is 11.3 Å². The van der Waals surface area contributed by atoms with Crippen LogP contribution in [-0.4, -0.2) is 24.2 Å². The van der Waals surface area contributed by atoms with Crippen LogP contribution in [0.5, 0.6) is 0 Å². The van der Waals surface area contributed by atoms with Crippen LogP contribution >= 0.6 is 0 Å². The molecule has 1 aliphatic rings. The Balaban J connectivity index is 2.19. The number of rotatable bonds is 2. The van der Waals surface area contributed by atoms with Crippen molar-refractivity contribution in [3.8, 4) is 0 Å². The molecule has 2 rings (SSSR count). The van der Waals surface area contributed by atoms with Crippen molar-refractivity contribution in [3.63, 3.8) is 0 Å². The third-order valence-electron chi connectivity index (χ3n) is 4.30. The lowest BCUT2D eigenvalue weighted by molar-refractivity contribution is 0.0695. The van der Waals surface area contributed by atoms with E-state index < -0.39 is 17.6 Å². The normalized spacial score (nSPS) is 17.1. The van der Waals surface area contributed by atoms with Gasteiger partial charge < -0.3 is 10.0 Å². The highest BCUT2D eigenvalue weighted by molar-refractivity contribution is 5.88. The Labute approximate surface area is 123 Å². The fourth-order valence-corrected chi connectivity index (χ4v) is 2.96. The van der Waals surface area contributed by atoms with Gasteiger partial charge in [0.15, 0.2) is 0 Å². The van der Waals surface area contributed by atoms with E-state index in [4.69, 9.17) is 5.11 Å². The molecule has 3 nitrogen and oxygen atoms in total. The van der Waals surface area contributed by atoms with Gasteiger partial charge >= 0.3 is 5.97 Å². The predicted molar refractivity (Wildman–Crippen MR) is 77.7 cm³/mol. The van der Waals surface area contributed by atoms with Crippen LogP contribution in [0.25, 0.3) is 0 Å². The smallest absolute Gasteiger partial charge is 0.335 e. The summed E-state index contributed by atoms with van der Waals surface area (Å²) in [4.78, 5) is 12.5.